The van der Waals surface area contributed by atoms with E-state index < -0.39 is 5.60 Å². The van der Waals surface area contributed by atoms with Gasteiger partial charge < -0.3 is 24.6 Å². The van der Waals surface area contributed by atoms with Crippen LogP contribution in [0.2, 0.25) is 0 Å². The third-order valence-corrected chi connectivity index (χ3v) is 9.47. The lowest BCUT2D eigenvalue weighted by molar-refractivity contribution is -0.207. The number of likely N-dealkylation sites (tertiary alicyclic amines) is 1. The number of aromatic hydroxyl groups is 1. The minimum absolute atomic E-state index is 0.0966. The smallest absolute Gasteiger partial charge is 0.306 e. The van der Waals surface area contributed by atoms with Gasteiger partial charge in [0.1, 0.15) is 11.7 Å². The summed E-state index contributed by atoms with van der Waals surface area (Å²) in [4.78, 5) is 14.9. The summed E-state index contributed by atoms with van der Waals surface area (Å²) in [5.41, 5.74) is 1.48. The monoisotopic (exact) mass is 498 g/mol. The normalized spacial score (nSPS) is 34.7. The van der Waals surface area contributed by atoms with Crippen LogP contribution in [0.3, 0.4) is 0 Å². The Morgan fingerprint density at radius 2 is 2.06 bits per heavy atom. The maximum absolute atomic E-state index is 12.2. The molecule has 0 radical (unpaired) electrons. The zero-order valence-electron chi connectivity index (χ0n) is 22.3. The van der Waals surface area contributed by atoms with Crippen molar-refractivity contribution in [3.8, 4) is 11.5 Å². The van der Waals surface area contributed by atoms with E-state index in [9.17, 15) is 9.90 Å². The molecular formula is C29H42N2O5. The third kappa shape index (κ3) is 3.68. The molecule has 0 amide bonds. The molecule has 1 aromatic rings. The van der Waals surface area contributed by atoms with Crippen molar-refractivity contribution in [2.75, 3.05) is 26.7 Å². The largest absolute Gasteiger partial charge is 0.504 e. The van der Waals surface area contributed by atoms with Crippen molar-refractivity contribution < 1.29 is 24.1 Å². The second-order valence-electron chi connectivity index (χ2n) is 12.7. The second kappa shape index (κ2) is 8.60. The minimum atomic E-state index is -0.453. The van der Waals surface area contributed by atoms with E-state index in [-0.39, 0.29) is 34.9 Å². The molecule has 7 nitrogen and oxygen atoms in total. The highest BCUT2D eigenvalue weighted by molar-refractivity contribution is 5.69. The summed E-state index contributed by atoms with van der Waals surface area (Å²) in [6.07, 6.45) is 7.58. The highest BCUT2D eigenvalue weighted by Crippen LogP contribution is 2.66. The molecular weight excluding hydrogens is 456 g/mol. The van der Waals surface area contributed by atoms with Crippen molar-refractivity contribution in [3.05, 3.63) is 23.3 Å². The Labute approximate surface area is 214 Å². The molecule has 1 saturated heterocycles. The van der Waals surface area contributed by atoms with Gasteiger partial charge in [0.25, 0.3) is 0 Å². The van der Waals surface area contributed by atoms with Crippen LogP contribution in [0.25, 0.3) is 0 Å². The Morgan fingerprint density at radius 1 is 1.25 bits per heavy atom. The van der Waals surface area contributed by atoms with E-state index in [4.69, 9.17) is 14.2 Å². The number of nitrogens with zero attached hydrogens (tertiary/aromatic N) is 1. The summed E-state index contributed by atoms with van der Waals surface area (Å²) in [6, 6.07) is 4.40. The molecule has 5 atom stereocenters. The van der Waals surface area contributed by atoms with Crippen molar-refractivity contribution in [2.45, 2.75) is 107 Å². The predicted octanol–water partition coefficient (Wildman–Crippen LogP) is 3.69. The van der Waals surface area contributed by atoms with Crippen molar-refractivity contribution in [2.24, 2.45) is 5.92 Å². The summed E-state index contributed by atoms with van der Waals surface area (Å²) in [6.45, 7) is 8.65. The van der Waals surface area contributed by atoms with Crippen LogP contribution in [0.5, 0.6) is 11.5 Å². The van der Waals surface area contributed by atoms with Crippen LogP contribution in [0, 0.1) is 5.92 Å². The maximum Gasteiger partial charge on any atom is 0.306 e. The zero-order chi connectivity index (χ0) is 25.3. The van der Waals surface area contributed by atoms with E-state index in [2.05, 4.69) is 16.3 Å². The molecule has 2 saturated carbocycles. The van der Waals surface area contributed by atoms with Gasteiger partial charge in [0.15, 0.2) is 11.5 Å². The van der Waals surface area contributed by atoms with Gasteiger partial charge in [-0.3, -0.25) is 9.69 Å². The van der Waals surface area contributed by atoms with E-state index in [1.165, 1.54) is 30.5 Å². The number of rotatable bonds is 8. The summed E-state index contributed by atoms with van der Waals surface area (Å²) in [7, 11) is 1.90. The highest BCUT2D eigenvalue weighted by Gasteiger charge is 2.73. The number of phenolic OH excluding ortho intramolecular Hbond substituents is 1. The van der Waals surface area contributed by atoms with Gasteiger partial charge in [-0.15, -0.1) is 0 Å². The Hall–Kier alpha value is -1.83. The number of nitrogens with one attached hydrogen (secondary N) is 1. The first-order valence-electron chi connectivity index (χ1n) is 13.9. The van der Waals surface area contributed by atoms with Crippen LogP contribution in [0.4, 0.5) is 0 Å². The molecule has 7 heteroatoms. The van der Waals surface area contributed by atoms with Crippen LogP contribution < -0.4 is 10.1 Å². The fourth-order valence-corrected chi connectivity index (χ4v) is 7.99. The average molecular weight is 499 g/mol. The maximum atomic E-state index is 12.2. The van der Waals surface area contributed by atoms with Crippen LogP contribution in [0.15, 0.2) is 12.1 Å². The van der Waals surface area contributed by atoms with Crippen LogP contribution >= 0.6 is 0 Å². The quantitative estimate of drug-likeness (QED) is 0.418. The van der Waals surface area contributed by atoms with Gasteiger partial charge in [0.2, 0.25) is 0 Å². The third-order valence-electron chi connectivity index (χ3n) is 9.47. The lowest BCUT2D eigenvalue weighted by Gasteiger charge is -2.65. The van der Waals surface area contributed by atoms with Gasteiger partial charge in [-0.05, 0) is 96.4 Å². The SMILES string of the molecule is CO[C@@]12CCC(NCCCC(=O)OC(C)(C)C)[C@@H]3Oc4c(O)ccc5c4[C@@]31CCN(CC1CC1)C2C5. The number of ether oxygens (including phenoxy) is 3. The van der Waals surface area contributed by atoms with Crippen molar-refractivity contribution in [3.63, 3.8) is 0 Å². The number of piperidine rings is 1. The van der Waals surface area contributed by atoms with Gasteiger partial charge in [0.05, 0.1) is 11.0 Å². The van der Waals surface area contributed by atoms with E-state index >= 15 is 0 Å². The molecule has 1 aromatic carbocycles. The number of hydrogen-bond donors (Lipinski definition) is 2. The number of esters is 1. The number of phenols is 1. The number of benzene rings is 1. The molecule has 0 aromatic heterocycles. The summed E-state index contributed by atoms with van der Waals surface area (Å²) < 4.78 is 18.8. The molecule has 6 rings (SSSR count). The Bertz CT molecular complexity index is 1030. The molecule has 5 aliphatic rings. The van der Waals surface area contributed by atoms with Crippen LogP contribution in [0.1, 0.15) is 76.8 Å². The minimum Gasteiger partial charge on any atom is -0.504 e. The summed E-state index contributed by atoms with van der Waals surface area (Å²) in [5.74, 6) is 1.60. The molecule has 3 fully saturated rings. The van der Waals surface area contributed by atoms with E-state index in [1.807, 2.05) is 33.9 Å². The van der Waals surface area contributed by atoms with Crippen molar-refractivity contribution in [1.29, 1.82) is 0 Å². The molecule has 3 aliphatic carbocycles. The fraction of sp³-hybridized carbons (Fsp3) is 0.759. The molecule has 1 spiro atoms. The molecule has 2 aliphatic heterocycles. The average Bonchev–Trinajstić information content (AvgIpc) is 3.56. The van der Waals surface area contributed by atoms with Gasteiger partial charge >= 0.3 is 5.97 Å². The van der Waals surface area contributed by atoms with Gasteiger partial charge in [-0.25, -0.2) is 0 Å². The molecule has 2 N–H and O–H groups in total. The van der Waals surface area contributed by atoms with Gasteiger partial charge in [0, 0.05) is 37.7 Å². The van der Waals surface area contributed by atoms with E-state index in [0.29, 0.717) is 18.2 Å². The van der Waals surface area contributed by atoms with Crippen LogP contribution in [-0.4, -0.2) is 72.1 Å². The summed E-state index contributed by atoms with van der Waals surface area (Å²) >= 11 is 0. The number of carbonyl (C=O) groups excluding carboxylic acids is 1. The Balaban J connectivity index is 1.26. The lowest BCUT2D eigenvalue weighted by Crippen LogP contribution is -2.78. The topological polar surface area (TPSA) is 80.3 Å². The molecule has 2 heterocycles. The zero-order valence-corrected chi connectivity index (χ0v) is 22.3. The summed E-state index contributed by atoms with van der Waals surface area (Å²) in [5, 5.41) is 14.6. The lowest BCUT2D eigenvalue weighted by atomic mass is 9.48. The van der Waals surface area contributed by atoms with E-state index in [1.54, 1.807) is 0 Å². The standard InChI is InChI=1S/C29H42N2O5/c1-27(2,3)36-23(33)6-5-14-30-20-11-12-29(34-4)22-16-19-9-10-21(32)25-24(19)28(29,26(20)35-25)13-15-31(22)17-18-7-8-18/h9-10,18,20,22,26,30,32H,5-8,11-17H2,1-4H3/t20?,22?,26-,28-,29+/m0/s1. The fourth-order valence-electron chi connectivity index (χ4n) is 7.99. The molecule has 2 unspecified atom stereocenters. The number of methoxy groups -OCH3 is 1. The number of hydrogen-bond acceptors (Lipinski definition) is 7. The Kier molecular flexibility index (Phi) is 5.86. The van der Waals surface area contributed by atoms with E-state index in [0.717, 1.165) is 51.1 Å². The van der Waals surface area contributed by atoms with Crippen molar-refractivity contribution in [1.82, 2.24) is 10.2 Å². The first kappa shape index (κ1) is 24.5. The molecule has 36 heavy (non-hydrogen) atoms. The predicted molar refractivity (Wildman–Crippen MR) is 136 cm³/mol. The first-order valence-corrected chi connectivity index (χ1v) is 13.9. The molecule has 198 valence electrons. The number of carbonyl (C=O) groups is 1. The van der Waals surface area contributed by atoms with Gasteiger partial charge in [-0.2, -0.15) is 0 Å². The highest BCUT2D eigenvalue weighted by atomic mass is 16.6. The van der Waals surface area contributed by atoms with Crippen LogP contribution in [-0.2, 0) is 26.1 Å². The molecule has 2 bridgehead atoms. The first-order chi connectivity index (χ1) is 17.2. The Morgan fingerprint density at radius 3 is 2.78 bits per heavy atom. The van der Waals surface area contributed by atoms with Gasteiger partial charge in [-0.1, -0.05) is 6.07 Å². The second-order valence-corrected chi connectivity index (χ2v) is 12.7. The van der Waals surface area contributed by atoms with Crippen molar-refractivity contribution >= 4 is 5.97 Å².